The molecule has 0 fully saturated rings. The summed E-state index contributed by atoms with van der Waals surface area (Å²) >= 11 is 0. The van der Waals surface area contributed by atoms with Gasteiger partial charge in [0.05, 0.1) is 6.54 Å². The van der Waals surface area contributed by atoms with Crippen LogP contribution in [0, 0.1) is 6.92 Å². The molecule has 0 aromatic carbocycles. The van der Waals surface area contributed by atoms with E-state index in [4.69, 9.17) is 0 Å². The quantitative estimate of drug-likeness (QED) is 0.693. The summed E-state index contributed by atoms with van der Waals surface area (Å²) in [6.07, 6.45) is 1.69. The van der Waals surface area contributed by atoms with Gasteiger partial charge in [-0.05, 0) is 13.3 Å². The molecule has 0 unspecified atom stereocenters. The van der Waals surface area contributed by atoms with Crippen molar-refractivity contribution < 1.29 is 4.79 Å². The first-order valence-corrected chi connectivity index (χ1v) is 6.68. The van der Waals surface area contributed by atoms with Crippen LogP contribution in [0.5, 0.6) is 0 Å². The molecule has 0 atom stereocenters. The SMILES string of the molecule is CCCNC(=O)CNc1nc(CC)nc(NC)c1C. The lowest BCUT2D eigenvalue weighted by Crippen LogP contribution is -2.30. The molecule has 0 radical (unpaired) electrons. The number of rotatable bonds is 7. The molecular formula is C13H23N5O. The molecule has 0 saturated carbocycles. The van der Waals surface area contributed by atoms with Crippen LogP contribution in [-0.4, -0.2) is 36.0 Å². The van der Waals surface area contributed by atoms with Crippen LogP contribution in [0.25, 0.3) is 0 Å². The van der Waals surface area contributed by atoms with Gasteiger partial charge in [0, 0.05) is 25.6 Å². The molecule has 106 valence electrons. The molecule has 3 N–H and O–H groups in total. The molecule has 0 aliphatic rings. The summed E-state index contributed by atoms with van der Waals surface area (Å²) in [5.41, 5.74) is 0.919. The zero-order valence-corrected chi connectivity index (χ0v) is 12.1. The maximum Gasteiger partial charge on any atom is 0.239 e. The number of carbonyl (C=O) groups is 1. The molecule has 1 aromatic heterocycles. The molecule has 6 nitrogen and oxygen atoms in total. The monoisotopic (exact) mass is 265 g/mol. The van der Waals surface area contributed by atoms with Gasteiger partial charge >= 0.3 is 0 Å². The Balaban J connectivity index is 2.74. The zero-order valence-electron chi connectivity index (χ0n) is 12.1. The Hall–Kier alpha value is -1.85. The van der Waals surface area contributed by atoms with E-state index < -0.39 is 0 Å². The van der Waals surface area contributed by atoms with E-state index in [-0.39, 0.29) is 12.5 Å². The smallest absolute Gasteiger partial charge is 0.239 e. The largest absolute Gasteiger partial charge is 0.373 e. The van der Waals surface area contributed by atoms with Gasteiger partial charge in [0.1, 0.15) is 17.5 Å². The Morgan fingerprint density at radius 3 is 2.47 bits per heavy atom. The van der Waals surface area contributed by atoms with Crippen LogP contribution >= 0.6 is 0 Å². The summed E-state index contributed by atoms with van der Waals surface area (Å²) in [5, 5.41) is 8.93. The molecule has 6 heteroatoms. The topological polar surface area (TPSA) is 78.9 Å². The van der Waals surface area contributed by atoms with Crippen LogP contribution in [0.15, 0.2) is 0 Å². The van der Waals surface area contributed by atoms with Crippen molar-refractivity contribution in [3.05, 3.63) is 11.4 Å². The van der Waals surface area contributed by atoms with Crippen LogP contribution in [0.3, 0.4) is 0 Å². The molecule has 0 saturated heterocycles. The number of nitrogens with one attached hydrogen (secondary N) is 3. The normalized spacial score (nSPS) is 10.1. The number of aromatic nitrogens is 2. The van der Waals surface area contributed by atoms with Gasteiger partial charge in [-0.25, -0.2) is 9.97 Å². The number of anilines is 2. The van der Waals surface area contributed by atoms with Gasteiger partial charge in [0.25, 0.3) is 0 Å². The molecule has 1 aromatic rings. The molecule has 1 heterocycles. The average molecular weight is 265 g/mol. The molecule has 0 aliphatic heterocycles. The van der Waals surface area contributed by atoms with Crippen molar-refractivity contribution >= 4 is 17.5 Å². The van der Waals surface area contributed by atoms with Crippen molar-refractivity contribution in [1.82, 2.24) is 15.3 Å². The Morgan fingerprint density at radius 2 is 1.89 bits per heavy atom. The van der Waals surface area contributed by atoms with Crippen LogP contribution in [-0.2, 0) is 11.2 Å². The van der Waals surface area contributed by atoms with Gasteiger partial charge in [-0.2, -0.15) is 0 Å². The third-order valence-electron chi connectivity index (χ3n) is 2.73. The van der Waals surface area contributed by atoms with Crippen LogP contribution in [0.4, 0.5) is 11.6 Å². The second-order valence-corrected chi connectivity index (χ2v) is 4.27. The Labute approximate surface area is 114 Å². The third-order valence-corrected chi connectivity index (χ3v) is 2.73. The van der Waals surface area contributed by atoms with E-state index in [1.165, 1.54) is 0 Å². The first-order chi connectivity index (χ1) is 9.12. The minimum Gasteiger partial charge on any atom is -0.373 e. The number of amides is 1. The third kappa shape index (κ3) is 4.39. The fraction of sp³-hybridized carbons (Fsp3) is 0.615. The maximum atomic E-state index is 11.6. The van der Waals surface area contributed by atoms with Crippen molar-refractivity contribution in [2.75, 3.05) is 30.8 Å². The number of aryl methyl sites for hydroxylation is 1. The highest BCUT2D eigenvalue weighted by atomic mass is 16.1. The number of hydrogen-bond donors (Lipinski definition) is 3. The van der Waals surface area contributed by atoms with Crippen molar-refractivity contribution in [3.8, 4) is 0 Å². The second kappa shape index (κ2) is 7.56. The van der Waals surface area contributed by atoms with E-state index in [0.29, 0.717) is 12.4 Å². The van der Waals surface area contributed by atoms with E-state index in [1.807, 2.05) is 27.8 Å². The van der Waals surface area contributed by atoms with Crippen LogP contribution in [0.1, 0.15) is 31.7 Å². The lowest BCUT2D eigenvalue weighted by Gasteiger charge is -2.13. The molecule has 0 aliphatic carbocycles. The van der Waals surface area contributed by atoms with Crippen molar-refractivity contribution in [1.29, 1.82) is 0 Å². The fourth-order valence-corrected chi connectivity index (χ4v) is 1.63. The second-order valence-electron chi connectivity index (χ2n) is 4.27. The predicted molar refractivity (Wildman–Crippen MR) is 77.5 cm³/mol. The molecule has 19 heavy (non-hydrogen) atoms. The van der Waals surface area contributed by atoms with Gasteiger partial charge in [0.15, 0.2) is 0 Å². The lowest BCUT2D eigenvalue weighted by atomic mass is 10.3. The van der Waals surface area contributed by atoms with Crippen molar-refractivity contribution in [2.24, 2.45) is 0 Å². The Kier molecular flexibility index (Phi) is 6.05. The van der Waals surface area contributed by atoms with Crippen molar-refractivity contribution in [2.45, 2.75) is 33.6 Å². The van der Waals surface area contributed by atoms with E-state index in [2.05, 4.69) is 25.9 Å². The molecule has 0 spiro atoms. The summed E-state index contributed by atoms with van der Waals surface area (Å²) in [5.74, 6) is 2.24. The lowest BCUT2D eigenvalue weighted by molar-refractivity contribution is -0.119. The van der Waals surface area contributed by atoms with Gasteiger partial charge in [-0.1, -0.05) is 13.8 Å². The zero-order chi connectivity index (χ0) is 14.3. The highest BCUT2D eigenvalue weighted by molar-refractivity contribution is 5.80. The summed E-state index contributed by atoms with van der Waals surface area (Å²) in [4.78, 5) is 20.4. The molecule has 1 amide bonds. The minimum atomic E-state index is -0.0241. The van der Waals surface area contributed by atoms with Gasteiger partial charge in [0.2, 0.25) is 5.91 Å². The summed E-state index contributed by atoms with van der Waals surface area (Å²) in [6.45, 7) is 6.88. The van der Waals surface area contributed by atoms with Crippen molar-refractivity contribution in [3.63, 3.8) is 0 Å². The summed E-state index contributed by atoms with van der Waals surface area (Å²) in [6, 6.07) is 0. The number of nitrogens with zero attached hydrogens (tertiary/aromatic N) is 2. The molecule has 0 bridgehead atoms. The number of carbonyl (C=O) groups excluding carboxylic acids is 1. The summed E-state index contributed by atoms with van der Waals surface area (Å²) < 4.78 is 0. The van der Waals surface area contributed by atoms with E-state index in [1.54, 1.807) is 0 Å². The minimum absolute atomic E-state index is 0.0241. The van der Waals surface area contributed by atoms with E-state index in [9.17, 15) is 4.79 Å². The van der Waals surface area contributed by atoms with Crippen LogP contribution in [0.2, 0.25) is 0 Å². The van der Waals surface area contributed by atoms with Gasteiger partial charge in [-0.15, -0.1) is 0 Å². The van der Waals surface area contributed by atoms with E-state index in [0.717, 1.165) is 30.0 Å². The first-order valence-electron chi connectivity index (χ1n) is 6.68. The Morgan fingerprint density at radius 1 is 1.21 bits per heavy atom. The highest BCUT2D eigenvalue weighted by Crippen LogP contribution is 2.19. The molecule has 1 rings (SSSR count). The standard InChI is InChI=1S/C13H23N5O/c1-5-7-15-11(19)8-16-13-9(3)12(14-4)17-10(6-2)18-13/h5-8H2,1-4H3,(H,15,19)(H2,14,16,17,18). The van der Waals surface area contributed by atoms with Gasteiger partial charge in [-0.3, -0.25) is 4.79 Å². The number of hydrogen-bond acceptors (Lipinski definition) is 5. The molecular weight excluding hydrogens is 242 g/mol. The Bertz CT molecular complexity index is 433. The summed E-state index contributed by atoms with van der Waals surface area (Å²) in [7, 11) is 1.83. The van der Waals surface area contributed by atoms with E-state index >= 15 is 0 Å². The highest BCUT2D eigenvalue weighted by Gasteiger charge is 2.10. The average Bonchev–Trinajstić information content (AvgIpc) is 2.43. The van der Waals surface area contributed by atoms with Gasteiger partial charge < -0.3 is 16.0 Å². The predicted octanol–water partition coefficient (Wildman–Crippen LogP) is 1.33. The maximum absolute atomic E-state index is 11.6. The van der Waals surface area contributed by atoms with Crippen LogP contribution < -0.4 is 16.0 Å². The first kappa shape index (κ1) is 15.2. The fourth-order valence-electron chi connectivity index (χ4n) is 1.63.